The number of amides is 1. The zero-order valence-electron chi connectivity index (χ0n) is 15.7. The standard InChI is InChI=1S/C19H17N3O4S2.Na/c23-14(9-13-5-4-8-27-13)20-15-17(24)22-16(19(25)26)12(11-28-18(15)22)10-21-6-2-1-3-7-21;/h1-8,15,18H,9-11H2,(H-,20,23,25,26);/q;+1/p-1. The van der Waals surface area contributed by atoms with Gasteiger partial charge < -0.3 is 15.0 Å². The predicted molar refractivity (Wildman–Crippen MR) is 101 cm³/mol. The smallest absolute Gasteiger partial charge is 0.862 e. The number of aromatic nitrogens is 1. The molecule has 0 aromatic carbocycles. The molecule has 4 rings (SSSR count). The molecule has 10 heteroatoms. The van der Waals surface area contributed by atoms with Gasteiger partial charge in [0.15, 0.2) is 25.0 Å². The van der Waals surface area contributed by atoms with Crippen molar-refractivity contribution in [2.75, 3.05) is 5.75 Å². The molecule has 7 nitrogen and oxygen atoms in total. The Hall–Kier alpha value is -1.65. The van der Waals surface area contributed by atoms with E-state index in [0.717, 1.165) is 4.88 Å². The van der Waals surface area contributed by atoms with E-state index in [2.05, 4.69) is 4.99 Å². The second-order valence-electron chi connectivity index (χ2n) is 6.42. The minimum absolute atomic E-state index is 0. The molecule has 2 atom stereocenters. The SMILES string of the molecule is O=C([O-])C1=C(C[n+]2ccccc2)CSC2C(N=C([O-])Cc3cccs3)C(=O)N12.[Na+]. The van der Waals surface area contributed by atoms with Crippen LogP contribution in [0.5, 0.6) is 0 Å². The van der Waals surface area contributed by atoms with Crippen LogP contribution in [0.15, 0.2) is 64.4 Å². The Morgan fingerprint density at radius 2 is 2.00 bits per heavy atom. The topological polar surface area (TPSA) is 99.7 Å². The largest absolute Gasteiger partial charge is 1.00 e. The third-order valence-electron chi connectivity index (χ3n) is 4.55. The average molecular weight is 437 g/mol. The molecule has 1 saturated heterocycles. The molecule has 0 bridgehead atoms. The molecule has 2 aliphatic rings. The maximum atomic E-state index is 12.6. The quantitative estimate of drug-likeness (QED) is 0.152. The van der Waals surface area contributed by atoms with Crippen LogP contribution in [0.1, 0.15) is 4.88 Å². The summed E-state index contributed by atoms with van der Waals surface area (Å²) in [6.45, 7) is 0.354. The minimum Gasteiger partial charge on any atom is -0.862 e. The molecule has 29 heavy (non-hydrogen) atoms. The number of aliphatic imine (C=N–C) groups is 1. The van der Waals surface area contributed by atoms with Crippen LogP contribution in [0.2, 0.25) is 0 Å². The molecule has 2 aromatic rings. The van der Waals surface area contributed by atoms with Crippen molar-refractivity contribution >= 4 is 40.9 Å². The van der Waals surface area contributed by atoms with Gasteiger partial charge in [0.1, 0.15) is 5.37 Å². The summed E-state index contributed by atoms with van der Waals surface area (Å²) < 4.78 is 1.84. The molecule has 0 N–H and O–H groups in total. The van der Waals surface area contributed by atoms with Gasteiger partial charge in [0.25, 0.3) is 5.91 Å². The summed E-state index contributed by atoms with van der Waals surface area (Å²) in [7, 11) is 0. The summed E-state index contributed by atoms with van der Waals surface area (Å²) >= 11 is 2.88. The van der Waals surface area contributed by atoms with E-state index in [0.29, 0.717) is 17.9 Å². The number of β-lactam (4-membered cyclic amide) rings is 1. The number of carboxylic acids is 1. The summed E-state index contributed by atoms with van der Waals surface area (Å²) in [6.07, 6.45) is 3.81. The van der Waals surface area contributed by atoms with Crippen LogP contribution < -0.4 is 44.3 Å². The third-order valence-corrected chi connectivity index (χ3v) is 6.75. The fourth-order valence-electron chi connectivity index (χ4n) is 3.28. The number of nitrogens with zero attached hydrogens (tertiary/aromatic N) is 3. The van der Waals surface area contributed by atoms with Gasteiger partial charge >= 0.3 is 29.6 Å². The van der Waals surface area contributed by atoms with Gasteiger partial charge in [-0.1, -0.05) is 12.1 Å². The monoisotopic (exact) mass is 437 g/mol. The van der Waals surface area contributed by atoms with Crippen molar-refractivity contribution in [1.82, 2.24) is 4.90 Å². The third kappa shape index (κ3) is 4.59. The molecule has 4 heterocycles. The van der Waals surface area contributed by atoms with E-state index >= 15 is 0 Å². The van der Waals surface area contributed by atoms with Crippen LogP contribution >= 0.6 is 23.1 Å². The Morgan fingerprint density at radius 1 is 1.24 bits per heavy atom. The Balaban J connectivity index is 0.00000240. The van der Waals surface area contributed by atoms with E-state index < -0.39 is 23.3 Å². The van der Waals surface area contributed by atoms with Crippen molar-refractivity contribution in [2.24, 2.45) is 4.99 Å². The molecule has 0 spiro atoms. The summed E-state index contributed by atoms with van der Waals surface area (Å²) in [5, 5.41) is 25.3. The van der Waals surface area contributed by atoms with Crippen molar-refractivity contribution in [3.8, 4) is 0 Å². The van der Waals surface area contributed by atoms with E-state index in [1.165, 1.54) is 28.0 Å². The first-order valence-corrected chi connectivity index (χ1v) is 10.6. The Labute approximate surface area is 198 Å². The molecule has 2 unspecified atom stereocenters. The van der Waals surface area contributed by atoms with E-state index in [-0.39, 0.29) is 47.6 Å². The van der Waals surface area contributed by atoms with Crippen molar-refractivity contribution in [3.63, 3.8) is 0 Å². The van der Waals surface area contributed by atoms with Crippen LogP contribution in [0, 0.1) is 0 Å². The van der Waals surface area contributed by atoms with Gasteiger partial charge in [-0.3, -0.25) is 14.7 Å². The maximum Gasteiger partial charge on any atom is 1.00 e. The van der Waals surface area contributed by atoms with Crippen LogP contribution in [0.25, 0.3) is 0 Å². The zero-order valence-corrected chi connectivity index (χ0v) is 19.3. The van der Waals surface area contributed by atoms with Crippen molar-refractivity contribution in [1.29, 1.82) is 0 Å². The number of hydrogen-bond acceptors (Lipinski definition) is 7. The summed E-state index contributed by atoms with van der Waals surface area (Å²) in [4.78, 5) is 30.5. The Kier molecular flexibility index (Phi) is 7.18. The second kappa shape index (κ2) is 9.44. The van der Waals surface area contributed by atoms with Gasteiger partial charge in [0.05, 0.1) is 11.7 Å². The molecule has 0 saturated carbocycles. The van der Waals surface area contributed by atoms with Crippen molar-refractivity contribution in [2.45, 2.75) is 24.4 Å². The molecule has 1 fully saturated rings. The van der Waals surface area contributed by atoms with Crippen LogP contribution in [0.4, 0.5) is 0 Å². The van der Waals surface area contributed by atoms with E-state index in [1.807, 2.05) is 52.7 Å². The normalized spacial score (nSPS) is 21.3. The second-order valence-corrected chi connectivity index (χ2v) is 8.56. The van der Waals surface area contributed by atoms with Gasteiger partial charge in [-0.05, 0) is 17.3 Å². The number of carboxylic acid groups (broad SMARTS) is 1. The van der Waals surface area contributed by atoms with E-state index in [1.54, 1.807) is 0 Å². The first-order chi connectivity index (χ1) is 13.5. The minimum atomic E-state index is -1.38. The number of aliphatic carboxylic acids is 1. The molecule has 0 aliphatic carbocycles. The number of thioether (sulfide) groups is 1. The van der Waals surface area contributed by atoms with Crippen LogP contribution in [-0.2, 0) is 22.6 Å². The first-order valence-electron chi connectivity index (χ1n) is 8.63. The predicted octanol–water partition coefficient (Wildman–Crippen LogP) is -3.67. The number of thiophene rings is 1. The van der Waals surface area contributed by atoms with Gasteiger partial charge in [0, 0.05) is 34.8 Å². The maximum absolute atomic E-state index is 12.6. The molecule has 0 radical (unpaired) electrons. The fraction of sp³-hybridized carbons (Fsp3) is 0.263. The van der Waals surface area contributed by atoms with Gasteiger partial charge in [-0.25, -0.2) is 4.57 Å². The number of pyridine rings is 1. The number of carbonyl (C=O) groups is 2. The Morgan fingerprint density at radius 3 is 2.66 bits per heavy atom. The average Bonchev–Trinajstić information content (AvgIpc) is 3.19. The molecule has 144 valence electrons. The van der Waals surface area contributed by atoms with Crippen LogP contribution in [0.3, 0.4) is 0 Å². The van der Waals surface area contributed by atoms with E-state index in [9.17, 15) is 19.8 Å². The first kappa shape index (κ1) is 22.0. The number of hydrogen-bond donors (Lipinski definition) is 0. The molecule has 2 aromatic heterocycles. The van der Waals surface area contributed by atoms with Gasteiger partial charge in [-0.15, -0.1) is 23.1 Å². The molecular weight excluding hydrogens is 421 g/mol. The summed E-state index contributed by atoms with van der Waals surface area (Å²) in [5.74, 6) is -1.78. The van der Waals surface area contributed by atoms with Gasteiger partial charge in [-0.2, -0.15) is 0 Å². The number of carbonyl (C=O) groups excluding carboxylic acids is 2. The van der Waals surface area contributed by atoms with E-state index in [4.69, 9.17) is 0 Å². The van der Waals surface area contributed by atoms with Gasteiger partial charge in [0.2, 0.25) is 0 Å². The number of fused-ring (bicyclic) bond motifs is 1. The van der Waals surface area contributed by atoms with Crippen LogP contribution in [-0.4, -0.2) is 39.8 Å². The Bertz CT molecular complexity index is 963. The summed E-state index contributed by atoms with van der Waals surface area (Å²) in [6, 6.07) is 8.42. The van der Waals surface area contributed by atoms with Crippen molar-refractivity contribution < 1.29 is 53.9 Å². The molecule has 2 aliphatic heterocycles. The number of rotatable bonds is 6. The summed E-state index contributed by atoms with van der Waals surface area (Å²) in [5.41, 5.74) is 0.511. The van der Waals surface area contributed by atoms with Crippen molar-refractivity contribution in [3.05, 3.63) is 64.3 Å². The molecular formula is C19H16N3NaO4S2. The fourth-order valence-corrected chi connectivity index (χ4v) is 5.30. The molecule has 1 amide bonds. The zero-order chi connectivity index (χ0) is 19.7.